The Morgan fingerprint density at radius 3 is 2.33 bits per heavy atom. The summed E-state index contributed by atoms with van der Waals surface area (Å²) in [4.78, 5) is -0.232. The number of rotatable bonds is 3. The Morgan fingerprint density at radius 2 is 1.83 bits per heavy atom. The van der Waals surface area contributed by atoms with Crippen LogP contribution in [0.5, 0.6) is 0 Å². The van der Waals surface area contributed by atoms with E-state index in [9.17, 15) is 21.6 Å². The van der Waals surface area contributed by atoms with Crippen molar-refractivity contribution in [2.45, 2.75) is 24.9 Å². The van der Waals surface area contributed by atoms with Gasteiger partial charge in [0.05, 0.1) is 4.90 Å². The van der Waals surface area contributed by atoms with Crippen molar-refractivity contribution in [2.75, 3.05) is 12.3 Å². The first-order chi connectivity index (χ1) is 8.03. The van der Waals surface area contributed by atoms with E-state index in [-0.39, 0.29) is 16.1 Å². The van der Waals surface area contributed by atoms with Crippen molar-refractivity contribution in [3.63, 3.8) is 0 Å². The fourth-order valence-corrected chi connectivity index (χ4v) is 2.76. The maximum absolute atomic E-state index is 12.0. The summed E-state index contributed by atoms with van der Waals surface area (Å²) >= 11 is 0. The maximum Gasteiger partial charge on any atom is 0.402 e. The molecule has 0 unspecified atom stereocenters. The molecule has 8 heteroatoms. The maximum atomic E-state index is 12.0. The Morgan fingerprint density at radius 1 is 1.28 bits per heavy atom. The Labute approximate surface area is 103 Å². The molecule has 3 N–H and O–H groups in total. The van der Waals surface area contributed by atoms with Crippen molar-refractivity contribution in [2.24, 2.45) is 0 Å². The van der Waals surface area contributed by atoms with E-state index in [1.54, 1.807) is 13.0 Å². The molecule has 0 heterocycles. The number of nitrogens with one attached hydrogen (secondary N) is 1. The van der Waals surface area contributed by atoms with Crippen molar-refractivity contribution in [1.82, 2.24) is 4.72 Å². The molecule has 1 aromatic rings. The van der Waals surface area contributed by atoms with E-state index in [0.717, 1.165) is 0 Å². The zero-order chi connectivity index (χ0) is 14.1. The number of anilines is 1. The molecule has 0 aliphatic heterocycles. The Kier molecular flexibility index (Phi) is 3.92. The lowest BCUT2D eigenvalue weighted by atomic mass is 10.1. The molecule has 0 bridgehead atoms. The first-order valence-electron chi connectivity index (χ1n) is 4.96. The van der Waals surface area contributed by atoms with Gasteiger partial charge in [0.25, 0.3) is 0 Å². The Bertz CT molecular complexity index is 553. The molecule has 18 heavy (non-hydrogen) atoms. The number of alkyl halides is 3. The Hall–Kier alpha value is -1.28. The van der Waals surface area contributed by atoms with Gasteiger partial charge in [-0.2, -0.15) is 13.2 Å². The predicted octanol–water partition coefficient (Wildman–Crippen LogP) is 1.73. The highest BCUT2D eigenvalue weighted by atomic mass is 32.2. The van der Waals surface area contributed by atoms with Crippen LogP contribution in [0.15, 0.2) is 17.0 Å². The van der Waals surface area contributed by atoms with E-state index in [1.165, 1.54) is 17.7 Å². The van der Waals surface area contributed by atoms with Crippen LogP contribution in [-0.2, 0) is 10.0 Å². The molecule has 0 saturated heterocycles. The largest absolute Gasteiger partial charge is 0.402 e. The minimum absolute atomic E-state index is 0.224. The summed E-state index contributed by atoms with van der Waals surface area (Å²) in [5.74, 6) is 0. The molecule has 0 aromatic heterocycles. The van der Waals surface area contributed by atoms with Crippen LogP contribution in [0.25, 0.3) is 0 Å². The van der Waals surface area contributed by atoms with Crippen LogP contribution in [0, 0.1) is 13.8 Å². The number of aryl methyl sites for hydroxylation is 1. The molecule has 102 valence electrons. The predicted molar refractivity (Wildman–Crippen MR) is 61.6 cm³/mol. The number of benzene rings is 1. The first kappa shape index (κ1) is 14.8. The highest BCUT2D eigenvalue weighted by Gasteiger charge is 2.30. The standard InChI is InChI=1S/C10H13F3N2O2S/c1-6-3-8(14)7(2)9(4-6)18(16,17)15-5-10(11,12)13/h3-4,15H,5,14H2,1-2H3. The summed E-state index contributed by atoms with van der Waals surface area (Å²) in [6.45, 7) is 1.44. The van der Waals surface area contributed by atoms with E-state index < -0.39 is 22.7 Å². The zero-order valence-corrected chi connectivity index (χ0v) is 10.6. The monoisotopic (exact) mass is 282 g/mol. The van der Waals surface area contributed by atoms with E-state index in [2.05, 4.69) is 0 Å². The second-order valence-electron chi connectivity index (χ2n) is 3.92. The molecule has 0 aliphatic carbocycles. The molecule has 1 rings (SSSR count). The molecule has 4 nitrogen and oxygen atoms in total. The smallest absolute Gasteiger partial charge is 0.398 e. The number of hydrogen-bond acceptors (Lipinski definition) is 3. The minimum Gasteiger partial charge on any atom is -0.398 e. The van der Waals surface area contributed by atoms with Gasteiger partial charge in [-0.1, -0.05) is 0 Å². The van der Waals surface area contributed by atoms with E-state index in [4.69, 9.17) is 5.73 Å². The quantitative estimate of drug-likeness (QED) is 0.829. The molecule has 0 aliphatic rings. The summed E-state index contributed by atoms with van der Waals surface area (Å²) in [6.07, 6.45) is -4.60. The third kappa shape index (κ3) is 3.61. The average Bonchev–Trinajstić information content (AvgIpc) is 2.19. The highest BCUT2D eigenvalue weighted by Crippen LogP contribution is 2.23. The lowest BCUT2D eigenvalue weighted by molar-refractivity contribution is -0.121. The van der Waals surface area contributed by atoms with E-state index in [0.29, 0.717) is 5.56 Å². The highest BCUT2D eigenvalue weighted by molar-refractivity contribution is 7.89. The van der Waals surface area contributed by atoms with Crippen molar-refractivity contribution in [1.29, 1.82) is 0 Å². The van der Waals surface area contributed by atoms with Crippen molar-refractivity contribution >= 4 is 15.7 Å². The van der Waals surface area contributed by atoms with Crippen molar-refractivity contribution < 1.29 is 21.6 Å². The lowest BCUT2D eigenvalue weighted by Crippen LogP contribution is -2.34. The molecule has 0 radical (unpaired) electrons. The number of nitrogen functional groups attached to an aromatic ring is 1. The van der Waals surface area contributed by atoms with Crippen LogP contribution in [0.1, 0.15) is 11.1 Å². The van der Waals surface area contributed by atoms with Crippen LogP contribution in [-0.4, -0.2) is 21.1 Å². The number of halogens is 3. The van der Waals surface area contributed by atoms with E-state index >= 15 is 0 Å². The number of hydrogen-bond donors (Lipinski definition) is 2. The molecule has 1 aromatic carbocycles. The third-order valence-electron chi connectivity index (χ3n) is 2.30. The first-order valence-corrected chi connectivity index (χ1v) is 6.44. The normalized spacial score (nSPS) is 12.7. The summed E-state index contributed by atoms with van der Waals surface area (Å²) in [6, 6.07) is 2.84. The molecule has 0 saturated carbocycles. The van der Waals surface area contributed by atoms with Gasteiger partial charge in [-0.15, -0.1) is 0 Å². The lowest BCUT2D eigenvalue weighted by Gasteiger charge is -2.13. The summed E-state index contributed by atoms with van der Waals surface area (Å²) in [7, 11) is -4.22. The number of sulfonamides is 1. The van der Waals surface area contributed by atoms with Gasteiger partial charge in [0, 0.05) is 5.69 Å². The minimum atomic E-state index is -4.60. The van der Waals surface area contributed by atoms with E-state index in [1.807, 2.05) is 0 Å². The van der Waals surface area contributed by atoms with Gasteiger partial charge in [-0.25, -0.2) is 13.1 Å². The van der Waals surface area contributed by atoms with Crippen LogP contribution < -0.4 is 10.5 Å². The topological polar surface area (TPSA) is 72.2 Å². The third-order valence-corrected chi connectivity index (χ3v) is 3.82. The second-order valence-corrected chi connectivity index (χ2v) is 5.65. The molecule has 0 spiro atoms. The van der Waals surface area contributed by atoms with Gasteiger partial charge in [-0.3, -0.25) is 0 Å². The van der Waals surface area contributed by atoms with Gasteiger partial charge in [0.2, 0.25) is 10.0 Å². The fourth-order valence-electron chi connectivity index (χ4n) is 1.39. The van der Waals surface area contributed by atoms with Gasteiger partial charge in [0.15, 0.2) is 0 Å². The second kappa shape index (κ2) is 4.77. The van der Waals surface area contributed by atoms with Gasteiger partial charge >= 0.3 is 6.18 Å². The van der Waals surface area contributed by atoms with Crippen LogP contribution in [0.4, 0.5) is 18.9 Å². The fraction of sp³-hybridized carbons (Fsp3) is 0.400. The molecular weight excluding hydrogens is 269 g/mol. The molecular formula is C10H13F3N2O2S. The summed E-state index contributed by atoms with van der Waals surface area (Å²) in [5, 5.41) is 0. The summed E-state index contributed by atoms with van der Waals surface area (Å²) in [5.41, 5.74) is 6.60. The zero-order valence-electron chi connectivity index (χ0n) is 9.80. The molecule has 0 atom stereocenters. The summed E-state index contributed by atoms with van der Waals surface area (Å²) < 4.78 is 61.0. The SMILES string of the molecule is Cc1cc(N)c(C)c(S(=O)(=O)NCC(F)(F)F)c1. The van der Waals surface area contributed by atoms with Crippen molar-refractivity contribution in [3.8, 4) is 0 Å². The van der Waals surface area contributed by atoms with Crippen LogP contribution in [0.2, 0.25) is 0 Å². The van der Waals surface area contributed by atoms with Crippen LogP contribution in [0.3, 0.4) is 0 Å². The average molecular weight is 282 g/mol. The molecule has 0 amide bonds. The Balaban J connectivity index is 3.13. The van der Waals surface area contributed by atoms with Gasteiger partial charge in [-0.05, 0) is 37.1 Å². The van der Waals surface area contributed by atoms with Crippen LogP contribution >= 0.6 is 0 Å². The van der Waals surface area contributed by atoms with Gasteiger partial charge in [0.1, 0.15) is 6.54 Å². The van der Waals surface area contributed by atoms with Gasteiger partial charge < -0.3 is 5.73 Å². The van der Waals surface area contributed by atoms with Crippen molar-refractivity contribution in [3.05, 3.63) is 23.3 Å². The molecule has 0 fully saturated rings. The number of nitrogens with two attached hydrogens (primary N) is 1.